The molecule has 29 heavy (non-hydrogen) atoms. The quantitative estimate of drug-likeness (QED) is 0.665. The summed E-state index contributed by atoms with van der Waals surface area (Å²) in [6.07, 6.45) is 6.25. The minimum Gasteiger partial charge on any atom is -0.356 e. The van der Waals surface area contributed by atoms with Crippen LogP contribution in [-0.4, -0.2) is 50.3 Å². The molecule has 2 aromatic heterocycles. The Kier molecular flexibility index (Phi) is 5.50. The molecule has 150 valence electrons. The van der Waals surface area contributed by atoms with Crippen LogP contribution in [0, 0.1) is 12.8 Å². The van der Waals surface area contributed by atoms with Gasteiger partial charge < -0.3 is 9.80 Å². The van der Waals surface area contributed by atoms with Crippen LogP contribution >= 0.6 is 0 Å². The number of aryl methyl sites for hydroxylation is 1. The van der Waals surface area contributed by atoms with E-state index in [9.17, 15) is 4.79 Å². The van der Waals surface area contributed by atoms with Gasteiger partial charge >= 0.3 is 0 Å². The average Bonchev–Trinajstić information content (AvgIpc) is 3.30. The lowest BCUT2D eigenvalue weighted by molar-refractivity contribution is -0.122. The molecule has 0 N–H and O–H groups in total. The van der Waals surface area contributed by atoms with Gasteiger partial charge in [0, 0.05) is 37.3 Å². The molecule has 1 aromatic carbocycles. The van der Waals surface area contributed by atoms with Gasteiger partial charge in [-0.25, -0.2) is 19.6 Å². The Morgan fingerprint density at radius 3 is 2.62 bits per heavy atom. The highest BCUT2D eigenvalue weighted by atomic mass is 16.2. The SMILES string of the molecule is CCN(C(=O)C1CCN(c2cc(-n3cncn3)ncn2)CC1)c1cccc(C)c1. The molecule has 0 radical (unpaired) electrons. The van der Waals surface area contributed by atoms with Gasteiger partial charge in [0.2, 0.25) is 5.91 Å². The summed E-state index contributed by atoms with van der Waals surface area (Å²) >= 11 is 0. The molecule has 1 amide bonds. The summed E-state index contributed by atoms with van der Waals surface area (Å²) in [5, 5.41) is 4.12. The topological polar surface area (TPSA) is 80.0 Å². The van der Waals surface area contributed by atoms with E-state index < -0.39 is 0 Å². The average molecular weight is 391 g/mol. The van der Waals surface area contributed by atoms with Crippen LogP contribution in [-0.2, 0) is 4.79 Å². The van der Waals surface area contributed by atoms with Gasteiger partial charge in [-0.2, -0.15) is 5.10 Å². The van der Waals surface area contributed by atoms with Crippen LogP contribution in [0.3, 0.4) is 0 Å². The number of rotatable bonds is 5. The first-order valence-corrected chi connectivity index (χ1v) is 9.95. The number of aromatic nitrogens is 5. The van der Waals surface area contributed by atoms with Crippen molar-refractivity contribution >= 4 is 17.4 Å². The number of benzene rings is 1. The van der Waals surface area contributed by atoms with Gasteiger partial charge in [0.15, 0.2) is 5.82 Å². The zero-order valence-electron chi connectivity index (χ0n) is 16.8. The lowest BCUT2D eigenvalue weighted by Crippen LogP contribution is -2.43. The summed E-state index contributed by atoms with van der Waals surface area (Å²) < 4.78 is 1.61. The van der Waals surface area contributed by atoms with Crippen LogP contribution < -0.4 is 9.80 Å². The van der Waals surface area contributed by atoms with Crippen molar-refractivity contribution in [3.8, 4) is 5.82 Å². The number of amides is 1. The smallest absolute Gasteiger partial charge is 0.230 e. The molecule has 0 unspecified atom stereocenters. The van der Waals surface area contributed by atoms with Crippen molar-refractivity contribution in [2.75, 3.05) is 29.4 Å². The molecule has 3 heterocycles. The van der Waals surface area contributed by atoms with E-state index >= 15 is 0 Å². The third-order valence-electron chi connectivity index (χ3n) is 5.36. The summed E-state index contributed by atoms with van der Waals surface area (Å²) in [6.45, 7) is 6.33. The van der Waals surface area contributed by atoms with Crippen molar-refractivity contribution in [3.63, 3.8) is 0 Å². The van der Waals surface area contributed by atoms with E-state index in [2.05, 4.69) is 44.0 Å². The second-order valence-electron chi connectivity index (χ2n) is 7.26. The molecule has 8 nitrogen and oxygen atoms in total. The van der Waals surface area contributed by atoms with Crippen LogP contribution in [0.4, 0.5) is 11.5 Å². The van der Waals surface area contributed by atoms with Gasteiger partial charge in [0.1, 0.15) is 24.8 Å². The summed E-state index contributed by atoms with van der Waals surface area (Å²) in [5.74, 6) is 1.77. The molecule has 0 aliphatic carbocycles. The second-order valence-corrected chi connectivity index (χ2v) is 7.26. The molecule has 8 heteroatoms. The van der Waals surface area contributed by atoms with E-state index in [1.165, 1.54) is 6.33 Å². The van der Waals surface area contributed by atoms with E-state index in [4.69, 9.17) is 0 Å². The molecular weight excluding hydrogens is 366 g/mol. The zero-order chi connectivity index (χ0) is 20.2. The van der Waals surface area contributed by atoms with Crippen molar-refractivity contribution in [3.05, 3.63) is 54.9 Å². The normalized spacial score (nSPS) is 14.8. The largest absolute Gasteiger partial charge is 0.356 e. The predicted molar refractivity (Wildman–Crippen MR) is 111 cm³/mol. The minimum absolute atomic E-state index is 0.0309. The lowest BCUT2D eigenvalue weighted by atomic mass is 9.95. The molecule has 4 rings (SSSR count). The highest BCUT2D eigenvalue weighted by molar-refractivity contribution is 5.95. The number of carbonyl (C=O) groups is 1. The third kappa shape index (κ3) is 4.11. The van der Waals surface area contributed by atoms with Gasteiger partial charge in [0.25, 0.3) is 0 Å². The third-order valence-corrected chi connectivity index (χ3v) is 5.36. The monoisotopic (exact) mass is 391 g/mol. The molecule has 0 spiro atoms. The maximum Gasteiger partial charge on any atom is 0.230 e. The maximum atomic E-state index is 13.2. The Bertz CT molecular complexity index is 965. The van der Waals surface area contributed by atoms with Gasteiger partial charge in [-0.15, -0.1) is 0 Å². The van der Waals surface area contributed by atoms with Crippen LogP contribution in [0.5, 0.6) is 0 Å². The van der Waals surface area contributed by atoms with E-state index in [1.807, 2.05) is 30.0 Å². The van der Waals surface area contributed by atoms with Crippen LogP contribution in [0.15, 0.2) is 49.3 Å². The molecule has 3 aromatic rings. The first-order valence-electron chi connectivity index (χ1n) is 9.95. The van der Waals surface area contributed by atoms with Crippen molar-refractivity contribution in [2.45, 2.75) is 26.7 Å². The fraction of sp³-hybridized carbons (Fsp3) is 0.381. The zero-order valence-corrected chi connectivity index (χ0v) is 16.8. The maximum absolute atomic E-state index is 13.2. The number of anilines is 2. The lowest BCUT2D eigenvalue weighted by Gasteiger charge is -2.34. The first kappa shape index (κ1) is 19.0. The van der Waals surface area contributed by atoms with Crippen molar-refractivity contribution in [2.24, 2.45) is 5.92 Å². The Hall–Kier alpha value is -3.29. The second kappa shape index (κ2) is 8.38. The summed E-state index contributed by atoms with van der Waals surface area (Å²) in [6, 6.07) is 10.0. The fourth-order valence-corrected chi connectivity index (χ4v) is 3.80. The van der Waals surface area contributed by atoms with Gasteiger partial charge in [-0.3, -0.25) is 4.79 Å². The van der Waals surface area contributed by atoms with Gasteiger partial charge in [-0.05, 0) is 44.4 Å². The van der Waals surface area contributed by atoms with Crippen molar-refractivity contribution in [1.82, 2.24) is 24.7 Å². The number of hydrogen-bond acceptors (Lipinski definition) is 6. The molecule has 1 saturated heterocycles. The number of hydrogen-bond donors (Lipinski definition) is 0. The van der Waals surface area contributed by atoms with Crippen LogP contribution in [0.1, 0.15) is 25.3 Å². The van der Waals surface area contributed by atoms with E-state index in [0.29, 0.717) is 12.4 Å². The number of piperidine rings is 1. The highest BCUT2D eigenvalue weighted by Gasteiger charge is 2.29. The Balaban J connectivity index is 1.43. The molecule has 0 atom stereocenters. The summed E-state index contributed by atoms with van der Waals surface area (Å²) in [7, 11) is 0. The Morgan fingerprint density at radius 1 is 1.14 bits per heavy atom. The molecule has 0 saturated carbocycles. The molecule has 1 aliphatic rings. The highest BCUT2D eigenvalue weighted by Crippen LogP contribution is 2.26. The predicted octanol–water partition coefficient (Wildman–Crippen LogP) is 2.64. The Labute approximate surface area is 170 Å². The van der Waals surface area contributed by atoms with E-state index in [1.54, 1.807) is 17.3 Å². The van der Waals surface area contributed by atoms with Gasteiger partial charge in [0.05, 0.1) is 0 Å². The molecular formula is C21H25N7O. The van der Waals surface area contributed by atoms with E-state index in [-0.39, 0.29) is 11.8 Å². The summed E-state index contributed by atoms with van der Waals surface area (Å²) in [4.78, 5) is 29.9. The molecule has 1 aliphatic heterocycles. The number of carbonyl (C=O) groups excluding carboxylic acids is 1. The van der Waals surface area contributed by atoms with Gasteiger partial charge in [-0.1, -0.05) is 12.1 Å². The molecule has 1 fully saturated rings. The molecule has 0 bridgehead atoms. The number of nitrogens with zero attached hydrogens (tertiary/aromatic N) is 7. The Morgan fingerprint density at radius 2 is 1.93 bits per heavy atom. The standard InChI is InChI=1S/C21H25N7O/c1-3-27(18-6-4-5-16(2)11-18)21(29)17-7-9-26(10-8-17)19-12-20(24-14-23-19)28-15-22-13-25-28/h4-6,11-15,17H,3,7-10H2,1-2H3. The van der Waals surface area contributed by atoms with Crippen molar-refractivity contribution < 1.29 is 4.79 Å². The van der Waals surface area contributed by atoms with E-state index in [0.717, 1.165) is 43.0 Å². The van der Waals surface area contributed by atoms with Crippen LogP contribution in [0.25, 0.3) is 5.82 Å². The first-order chi connectivity index (χ1) is 14.2. The minimum atomic E-state index is 0.0309. The van der Waals surface area contributed by atoms with Crippen molar-refractivity contribution in [1.29, 1.82) is 0 Å². The fourth-order valence-electron chi connectivity index (χ4n) is 3.80. The van der Waals surface area contributed by atoms with Crippen LogP contribution in [0.2, 0.25) is 0 Å². The summed E-state index contributed by atoms with van der Waals surface area (Å²) in [5.41, 5.74) is 2.14.